The van der Waals surface area contributed by atoms with Crippen molar-refractivity contribution < 1.29 is 19.3 Å². The van der Waals surface area contributed by atoms with Gasteiger partial charge in [-0.3, -0.25) is 0 Å². The van der Waals surface area contributed by atoms with E-state index in [4.69, 9.17) is 4.84 Å². The predicted octanol–water partition coefficient (Wildman–Crippen LogP) is 1.05. The summed E-state index contributed by atoms with van der Waals surface area (Å²) >= 11 is 0. The number of hydrazine groups is 1. The zero-order chi connectivity index (χ0) is 12.4. The van der Waals surface area contributed by atoms with Crippen LogP contribution in [-0.4, -0.2) is 11.9 Å². The van der Waals surface area contributed by atoms with Crippen LogP contribution >= 0.6 is 0 Å². The second kappa shape index (κ2) is 4.42. The highest BCUT2D eigenvalue weighted by Crippen LogP contribution is 2.21. The summed E-state index contributed by atoms with van der Waals surface area (Å²) in [6, 6.07) is 7.36. The van der Waals surface area contributed by atoms with Gasteiger partial charge in [-0.05, 0) is 29.2 Å². The fourth-order valence-electron chi connectivity index (χ4n) is 1.38. The molecule has 0 atom stereocenters. The lowest BCUT2D eigenvalue weighted by molar-refractivity contribution is -0.192. The van der Waals surface area contributed by atoms with Gasteiger partial charge in [0.2, 0.25) is 0 Å². The summed E-state index contributed by atoms with van der Waals surface area (Å²) in [5.41, 5.74) is 3.88. The number of carbonyl (C=O) groups excluding carboxylic acids is 2. The summed E-state index contributed by atoms with van der Waals surface area (Å²) in [5, 5.41) is 1.01. The first-order chi connectivity index (χ1) is 8.08. The maximum absolute atomic E-state index is 11.0. The Morgan fingerprint density at radius 1 is 1.24 bits per heavy atom. The van der Waals surface area contributed by atoms with Crippen LogP contribution in [0.1, 0.15) is 25.3 Å². The van der Waals surface area contributed by atoms with Crippen LogP contribution in [0, 0.1) is 0 Å². The summed E-state index contributed by atoms with van der Waals surface area (Å²) in [6.07, 6.45) is 0. The summed E-state index contributed by atoms with van der Waals surface area (Å²) in [7, 11) is 0. The zero-order valence-electron chi connectivity index (χ0n) is 9.47. The maximum Gasteiger partial charge on any atom is 0.444 e. The molecule has 0 aliphatic carbocycles. The summed E-state index contributed by atoms with van der Waals surface area (Å²) < 4.78 is 0. The Hall–Kier alpha value is -2.08. The lowest BCUT2D eigenvalue weighted by Gasteiger charge is -2.25. The van der Waals surface area contributed by atoms with Gasteiger partial charge in [0.25, 0.3) is 0 Å². The Morgan fingerprint density at radius 2 is 2.00 bits per heavy atom. The Balaban J connectivity index is 2.20. The number of carbonyl (C=O) groups is 2. The molecule has 6 nitrogen and oxygen atoms in total. The van der Waals surface area contributed by atoms with Crippen LogP contribution in [0.4, 0.5) is 5.69 Å². The third kappa shape index (κ3) is 2.36. The molecule has 1 heterocycles. The Morgan fingerprint density at radius 3 is 2.65 bits per heavy atom. The molecule has 1 fully saturated rings. The molecule has 2 rings (SSSR count). The van der Waals surface area contributed by atoms with E-state index in [1.54, 1.807) is 6.07 Å². The second-order valence-corrected chi connectivity index (χ2v) is 3.90. The van der Waals surface area contributed by atoms with Gasteiger partial charge in [0, 0.05) is 0 Å². The van der Waals surface area contributed by atoms with Crippen LogP contribution in [-0.2, 0) is 19.3 Å². The third-order valence-corrected chi connectivity index (χ3v) is 2.33. The van der Waals surface area contributed by atoms with Crippen molar-refractivity contribution in [2.45, 2.75) is 19.8 Å². The van der Waals surface area contributed by atoms with Crippen molar-refractivity contribution in [2.24, 2.45) is 0 Å². The highest BCUT2D eigenvalue weighted by Gasteiger charge is 2.29. The van der Waals surface area contributed by atoms with Crippen molar-refractivity contribution in [3.63, 3.8) is 0 Å². The quantitative estimate of drug-likeness (QED) is 0.774. The van der Waals surface area contributed by atoms with E-state index in [9.17, 15) is 9.59 Å². The minimum Gasteiger partial charge on any atom is -0.338 e. The van der Waals surface area contributed by atoms with E-state index in [2.05, 4.69) is 24.3 Å². The van der Waals surface area contributed by atoms with Crippen LogP contribution in [0.2, 0.25) is 0 Å². The van der Waals surface area contributed by atoms with Gasteiger partial charge < -0.3 is 9.68 Å². The van der Waals surface area contributed by atoms with E-state index < -0.39 is 11.9 Å². The Kier molecular flexibility index (Phi) is 2.97. The highest BCUT2D eigenvalue weighted by molar-refractivity contribution is 6.30. The molecule has 1 N–H and O–H groups in total. The number of nitrogens with zero attached hydrogens (tertiary/aromatic N) is 1. The molecule has 0 spiro atoms. The first kappa shape index (κ1) is 11.4. The molecule has 6 heteroatoms. The standard InChI is InChI=1S/C11H12N2O4/c1-7(2)8-4-3-5-9(6-8)13-12-16-10(14)11(15)17-13/h3-7,12H,1-2H3. The van der Waals surface area contributed by atoms with Crippen molar-refractivity contribution >= 4 is 17.6 Å². The van der Waals surface area contributed by atoms with Gasteiger partial charge in [0.05, 0.1) is 5.69 Å². The number of anilines is 1. The monoisotopic (exact) mass is 236 g/mol. The van der Waals surface area contributed by atoms with Gasteiger partial charge in [0.15, 0.2) is 0 Å². The fraction of sp³-hybridized carbons (Fsp3) is 0.273. The van der Waals surface area contributed by atoms with Crippen LogP contribution in [0.15, 0.2) is 24.3 Å². The average Bonchev–Trinajstić information content (AvgIpc) is 2.33. The van der Waals surface area contributed by atoms with E-state index in [0.29, 0.717) is 11.6 Å². The molecule has 0 amide bonds. The number of rotatable bonds is 2. The molecular weight excluding hydrogens is 224 g/mol. The molecular formula is C11H12N2O4. The number of hydrogen-bond acceptors (Lipinski definition) is 6. The Bertz CT molecular complexity index is 459. The number of hydrogen-bond donors (Lipinski definition) is 1. The van der Waals surface area contributed by atoms with Gasteiger partial charge in [-0.15, -0.1) is 5.17 Å². The largest absolute Gasteiger partial charge is 0.444 e. The summed E-state index contributed by atoms with van der Waals surface area (Å²) in [4.78, 5) is 30.9. The van der Waals surface area contributed by atoms with Gasteiger partial charge >= 0.3 is 11.9 Å². The molecule has 1 saturated heterocycles. The molecule has 1 aliphatic heterocycles. The molecule has 1 aromatic carbocycles. The van der Waals surface area contributed by atoms with E-state index in [1.807, 2.05) is 18.2 Å². The fourth-order valence-corrected chi connectivity index (χ4v) is 1.38. The first-order valence-corrected chi connectivity index (χ1v) is 5.17. The van der Waals surface area contributed by atoms with Crippen LogP contribution in [0.3, 0.4) is 0 Å². The van der Waals surface area contributed by atoms with Gasteiger partial charge in [-0.1, -0.05) is 26.0 Å². The molecule has 0 saturated carbocycles. The lowest BCUT2D eigenvalue weighted by Crippen LogP contribution is -2.49. The molecule has 0 unspecified atom stereocenters. The molecule has 0 aromatic heterocycles. The minimum absolute atomic E-state index is 0.345. The van der Waals surface area contributed by atoms with E-state index in [1.165, 1.54) is 0 Å². The number of nitrogens with one attached hydrogen (secondary N) is 1. The normalized spacial score (nSPS) is 15.8. The molecule has 1 aliphatic rings. The van der Waals surface area contributed by atoms with Crippen molar-refractivity contribution in [1.29, 1.82) is 0 Å². The van der Waals surface area contributed by atoms with Gasteiger partial charge in [0.1, 0.15) is 0 Å². The maximum atomic E-state index is 11.0. The van der Waals surface area contributed by atoms with Crippen molar-refractivity contribution in [2.75, 3.05) is 5.17 Å². The first-order valence-electron chi connectivity index (χ1n) is 5.17. The predicted molar refractivity (Wildman–Crippen MR) is 58.3 cm³/mol. The third-order valence-electron chi connectivity index (χ3n) is 2.33. The lowest BCUT2D eigenvalue weighted by atomic mass is 10.0. The molecule has 1 aromatic rings. The molecule has 0 radical (unpaired) electrons. The van der Waals surface area contributed by atoms with Crippen molar-refractivity contribution in [1.82, 2.24) is 5.59 Å². The van der Waals surface area contributed by atoms with E-state index >= 15 is 0 Å². The minimum atomic E-state index is -1.07. The van der Waals surface area contributed by atoms with Crippen molar-refractivity contribution in [3.8, 4) is 0 Å². The SMILES string of the molecule is CC(C)c1cccc(N2NOC(=O)C(=O)O2)c1. The summed E-state index contributed by atoms with van der Waals surface area (Å²) in [6.45, 7) is 4.10. The molecule has 17 heavy (non-hydrogen) atoms. The second-order valence-electron chi connectivity index (χ2n) is 3.90. The smallest absolute Gasteiger partial charge is 0.338 e. The topological polar surface area (TPSA) is 67.9 Å². The van der Waals surface area contributed by atoms with E-state index in [-0.39, 0.29) is 0 Å². The van der Waals surface area contributed by atoms with Crippen molar-refractivity contribution in [3.05, 3.63) is 29.8 Å². The molecule has 0 bridgehead atoms. The van der Waals surface area contributed by atoms with Crippen LogP contribution in [0.25, 0.3) is 0 Å². The number of benzene rings is 1. The Labute approximate surface area is 98.0 Å². The van der Waals surface area contributed by atoms with Gasteiger partial charge in [-0.25, -0.2) is 9.59 Å². The van der Waals surface area contributed by atoms with E-state index in [0.717, 1.165) is 10.7 Å². The van der Waals surface area contributed by atoms with Crippen LogP contribution in [0.5, 0.6) is 0 Å². The summed E-state index contributed by atoms with van der Waals surface area (Å²) in [5.74, 6) is -1.78. The van der Waals surface area contributed by atoms with Crippen LogP contribution < -0.4 is 10.8 Å². The average molecular weight is 236 g/mol. The zero-order valence-corrected chi connectivity index (χ0v) is 9.47. The van der Waals surface area contributed by atoms with Gasteiger partial charge in [-0.2, -0.15) is 0 Å². The molecule has 90 valence electrons. The highest BCUT2D eigenvalue weighted by atomic mass is 16.9.